The lowest BCUT2D eigenvalue weighted by atomic mass is 10.2. The Morgan fingerprint density at radius 3 is 3.17 bits per heavy atom. The van der Waals surface area contributed by atoms with E-state index in [1.807, 2.05) is 0 Å². The Morgan fingerprint density at radius 1 is 1.61 bits per heavy atom. The molecule has 2 atom stereocenters. The number of rotatable bonds is 7. The van der Waals surface area contributed by atoms with Crippen LogP contribution in [0.3, 0.4) is 0 Å². The molecular weight excluding hydrogens is 314 g/mol. The van der Waals surface area contributed by atoms with Crippen LogP contribution >= 0.6 is 27.3 Å². The summed E-state index contributed by atoms with van der Waals surface area (Å²) in [5.41, 5.74) is 0. The lowest BCUT2D eigenvalue weighted by Crippen LogP contribution is -2.21. The molecule has 1 aromatic rings. The van der Waals surface area contributed by atoms with Crippen molar-refractivity contribution in [3.63, 3.8) is 0 Å². The molecule has 0 aromatic carbocycles. The maximum atomic E-state index is 5.72. The van der Waals surface area contributed by atoms with Crippen LogP contribution < -0.4 is 5.32 Å². The van der Waals surface area contributed by atoms with Crippen molar-refractivity contribution < 1.29 is 9.47 Å². The van der Waals surface area contributed by atoms with Crippen LogP contribution in [0.2, 0.25) is 0 Å². The summed E-state index contributed by atoms with van der Waals surface area (Å²) < 4.78 is 12.2. The van der Waals surface area contributed by atoms with Crippen molar-refractivity contribution in [1.29, 1.82) is 0 Å². The van der Waals surface area contributed by atoms with Crippen molar-refractivity contribution in [2.45, 2.75) is 31.9 Å². The molecule has 0 amide bonds. The third-order valence-corrected chi connectivity index (χ3v) is 4.84. The molecule has 3 nitrogen and oxygen atoms in total. The molecular formula is C13H20BrNO2S. The highest BCUT2D eigenvalue weighted by Crippen LogP contribution is 2.26. The first-order valence-corrected chi connectivity index (χ1v) is 8.04. The third kappa shape index (κ3) is 4.63. The van der Waals surface area contributed by atoms with Gasteiger partial charge in [0.15, 0.2) is 0 Å². The maximum absolute atomic E-state index is 5.72. The second-order valence-corrected chi connectivity index (χ2v) is 7.02. The van der Waals surface area contributed by atoms with Crippen molar-refractivity contribution in [3.8, 4) is 0 Å². The van der Waals surface area contributed by atoms with E-state index in [4.69, 9.17) is 9.47 Å². The zero-order valence-corrected chi connectivity index (χ0v) is 13.1. The Bertz CT molecular complexity index is 353. The Hall–Kier alpha value is 0.0600. The summed E-state index contributed by atoms with van der Waals surface area (Å²) in [4.78, 5) is 1.37. The van der Waals surface area contributed by atoms with Crippen LogP contribution in [0.5, 0.6) is 0 Å². The minimum Gasteiger partial charge on any atom is -0.379 e. The molecule has 0 bridgehead atoms. The van der Waals surface area contributed by atoms with Crippen LogP contribution in [0.25, 0.3) is 0 Å². The van der Waals surface area contributed by atoms with Crippen LogP contribution in [-0.4, -0.2) is 32.5 Å². The van der Waals surface area contributed by atoms with E-state index in [2.05, 4.69) is 40.3 Å². The van der Waals surface area contributed by atoms with Crippen LogP contribution in [0.1, 0.15) is 30.7 Å². The molecule has 0 radical (unpaired) electrons. The van der Waals surface area contributed by atoms with Gasteiger partial charge in [0.05, 0.1) is 16.5 Å². The van der Waals surface area contributed by atoms with Gasteiger partial charge >= 0.3 is 0 Å². The predicted molar refractivity (Wildman–Crippen MR) is 78.2 cm³/mol. The number of hydrogen-bond acceptors (Lipinski definition) is 4. The molecule has 0 unspecified atom stereocenters. The minimum absolute atomic E-state index is 0.329. The van der Waals surface area contributed by atoms with Gasteiger partial charge in [-0.05, 0) is 54.4 Å². The number of hydrogen-bond donors (Lipinski definition) is 1. The van der Waals surface area contributed by atoms with Gasteiger partial charge in [-0.3, -0.25) is 0 Å². The molecule has 5 heteroatoms. The average Bonchev–Trinajstić information content (AvgIpc) is 2.99. The molecule has 18 heavy (non-hydrogen) atoms. The SMILES string of the molecule is C[C@H](NCCCO[C@@H]1CCOC1)c1ccc(Br)s1. The van der Waals surface area contributed by atoms with Gasteiger partial charge in [-0.15, -0.1) is 11.3 Å². The molecule has 1 saturated heterocycles. The van der Waals surface area contributed by atoms with E-state index in [1.165, 1.54) is 8.66 Å². The van der Waals surface area contributed by atoms with E-state index in [1.54, 1.807) is 11.3 Å². The summed E-state index contributed by atoms with van der Waals surface area (Å²) in [5, 5.41) is 3.52. The van der Waals surface area contributed by atoms with E-state index in [-0.39, 0.29) is 0 Å². The maximum Gasteiger partial charge on any atom is 0.0830 e. The Kier molecular flexibility index (Phi) is 6.11. The molecule has 2 heterocycles. The zero-order chi connectivity index (χ0) is 12.8. The quantitative estimate of drug-likeness (QED) is 0.776. The Labute approximate surface area is 121 Å². The summed E-state index contributed by atoms with van der Waals surface area (Å²) in [6.45, 7) is 5.64. The van der Waals surface area contributed by atoms with Gasteiger partial charge < -0.3 is 14.8 Å². The van der Waals surface area contributed by atoms with Gasteiger partial charge in [-0.25, -0.2) is 0 Å². The summed E-state index contributed by atoms with van der Waals surface area (Å²) in [6, 6.07) is 4.68. The molecule has 1 aromatic heterocycles. The fourth-order valence-corrected chi connectivity index (χ4v) is 3.40. The van der Waals surface area contributed by atoms with Crippen LogP contribution in [0, 0.1) is 0 Å². The van der Waals surface area contributed by atoms with Crippen molar-refractivity contribution in [2.75, 3.05) is 26.4 Å². The largest absolute Gasteiger partial charge is 0.379 e. The second-order valence-electron chi connectivity index (χ2n) is 4.53. The van der Waals surface area contributed by atoms with E-state index < -0.39 is 0 Å². The van der Waals surface area contributed by atoms with Gasteiger partial charge in [0, 0.05) is 24.1 Å². The average molecular weight is 334 g/mol. The highest BCUT2D eigenvalue weighted by molar-refractivity contribution is 9.11. The lowest BCUT2D eigenvalue weighted by Gasteiger charge is -2.13. The first-order valence-electron chi connectivity index (χ1n) is 6.43. The number of halogens is 1. The van der Waals surface area contributed by atoms with E-state index in [0.717, 1.165) is 39.2 Å². The van der Waals surface area contributed by atoms with Gasteiger partial charge in [0.25, 0.3) is 0 Å². The highest BCUT2D eigenvalue weighted by Gasteiger charge is 2.15. The molecule has 0 saturated carbocycles. The van der Waals surface area contributed by atoms with Crippen molar-refractivity contribution >= 4 is 27.3 Å². The molecule has 1 fully saturated rings. The van der Waals surface area contributed by atoms with Gasteiger partial charge in [-0.1, -0.05) is 0 Å². The van der Waals surface area contributed by atoms with E-state index >= 15 is 0 Å². The molecule has 0 aliphatic carbocycles. The van der Waals surface area contributed by atoms with E-state index in [9.17, 15) is 0 Å². The fraction of sp³-hybridized carbons (Fsp3) is 0.692. The third-order valence-electron chi connectivity index (χ3n) is 3.03. The van der Waals surface area contributed by atoms with Crippen molar-refractivity contribution in [1.82, 2.24) is 5.32 Å². The van der Waals surface area contributed by atoms with Crippen LogP contribution in [-0.2, 0) is 9.47 Å². The first-order chi connectivity index (χ1) is 8.75. The first kappa shape index (κ1) is 14.5. The minimum atomic E-state index is 0.329. The molecule has 102 valence electrons. The molecule has 1 N–H and O–H groups in total. The second kappa shape index (κ2) is 7.60. The standard InChI is InChI=1S/C13H20BrNO2S/c1-10(12-3-4-13(14)18-12)15-6-2-7-17-11-5-8-16-9-11/h3-4,10-11,15H,2,5-9H2,1H3/t10-,11+/m0/s1. The van der Waals surface area contributed by atoms with Crippen molar-refractivity contribution in [2.24, 2.45) is 0 Å². The van der Waals surface area contributed by atoms with Gasteiger partial charge in [-0.2, -0.15) is 0 Å². The predicted octanol–water partition coefficient (Wildman–Crippen LogP) is 3.36. The number of thiophene rings is 1. The van der Waals surface area contributed by atoms with E-state index in [0.29, 0.717) is 12.1 Å². The summed E-state index contributed by atoms with van der Waals surface area (Å²) in [7, 11) is 0. The smallest absolute Gasteiger partial charge is 0.0830 e. The van der Waals surface area contributed by atoms with Gasteiger partial charge in [0.2, 0.25) is 0 Å². The van der Waals surface area contributed by atoms with Crippen molar-refractivity contribution in [3.05, 3.63) is 20.8 Å². The van der Waals surface area contributed by atoms with Crippen LogP contribution in [0.4, 0.5) is 0 Å². The highest BCUT2D eigenvalue weighted by atomic mass is 79.9. The van der Waals surface area contributed by atoms with Crippen LogP contribution in [0.15, 0.2) is 15.9 Å². The van der Waals surface area contributed by atoms with Gasteiger partial charge in [0.1, 0.15) is 0 Å². The molecule has 2 rings (SSSR count). The normalized spacial score (nSPS) is 21.3. The number of ether oxygens (including phenoxy) is 2. The zero-order valence-electron chi connectivity index (χ0n) is 10.7. The summed E-state index contributed by atoms with van der Waals surface area (Å²) in [5.74, 6) is 0. The molecule has 1 aliphatic rings. The Morgan fingerprint density at radius 2 is 2.50 bits per heavy atom. The number of nitrogens with one attached hydrogen (secondary N) is 1. The summed E-state index contributed by atoms with van der Waals surface area (Å²) in [6.07, 6.45) is 2.43. The molecule has 0 spiro atoms. The Balaban J connectivity index is 1.54. The lowest BCUT2D eigenvalue weighted by molar-refractivity contribution is 0.0414. The monoisotopic (exact) mass is 333 g/mol. The fourth-order valence-electron chi connectivity index (χ4n) is 1.95. The topological polar surface area (TPSA) is 30.5 Å². The molecule has 1 aliphatic heterocycles. The summed E-state index contributed by atoms with van der Waals surface area (Å²) >= 11 is 5.28.